The number of hydrogen-bond donors (Lipinski definition) is 2. The van der Waals surface area contributed by atoms with E-state index >= 15 is 0 Å². The highest BCUT2D eigenvalue weighted by Crippen LogP contribution is 2.27. The van der Waals surface area contributed by atoms with Gasteiger partial charge in [0, 0.05) is 13.1 Å². The highest BCUT2D eigenvalue weighted by atomic mass is 32.1. The van der Waals surface area contributed by atoms with Crippen LogP contribution in [0, 0.1) is 6.92 Å². The van der Waals surface area contributed by atoms with Crippen LogP contribution in [-0.4, -0.2) is 17.6 Å². The van der Waals surface area contributed by atoms with Crippen molar-refractivity contribution >= 4 is 17.4 Å². The number of carbonyl (C=O) groups excluding carboxylic acids is 1. The average molecular weight is 275 g/mol. The second-order valence-corrected chi connectivity index (χ2v) is 5.03. The molecule has 100 valence electrons. The third-order valence-corrected chi connectivity index (χ3v) is 3.73. The van der Waals surface area contributed by atoms with E-state index in [1.165, 1.54) is 10.4 Å². The normalized spacial score (nSPS) is 10.2. The number of rotatable bonds is 4. The Kier molecular flexibility index (Phi) is 4.52. The highest BCUT2D eigenvalue weighted by Gasteiger charge is 2.04. The van der Waals surface area contributed by atoms with Crippen LogP contribution < -0.4 is 10.6 Å². The molecule has 1 heterocycles. The van der Waals surface area contributed by atoms with Crippen molar-refractivity contribution in [1.29, 1.82) is 0 Å². The molecule has 2 rings (SSSR count). The predicted octanol–water partition coefficient (Wildman–Crippen LogP) is 2.94. The van der Waals surface area contributed by atoms with Crippen LogP contribution in [-0.2, 0) is 6.54 Å². The summed E-state index contributed by atoms with van der Waals surface area (Å²) in [6.45, 7) is 5.07. The first-order valence-corrected chi connectivity index (χ1v) is 7.09. The molecule has 0 aliphatic heterocycles. The molecule has 0 radical (unpaired) electrons. The van der Waals surface area contributed by atoms with E-state index in [1.807, 2.05) is 31.5 Å². The number of urea groups is 1. The maximum absolute atomic E-state index is 11.3. The van der Waals surface area contributed by atoms with E-state index in [0.717, 1.165) is 11.3 Å². The van der Waals surface area contributed by atoms with E-state index in [0.29, 0.717) is 13.1 Å². The van der Waals surface area contributed by atoms with Gasteiger partial charge in [-0.1, -0.05) is 24.3 Å². The lowest BCUT2D eigenvalue weighted by Crippen LogP contribution is -2.34. The summed E-state index contributed by atoms with van der Waals surface area (Å²) in [5.41, 5.74) is 5.16. The average Bonchev–Trinajstić information content (AvgIpc) is 2.84. The lowest BCUT2D eigenvalue weighted by molar-refractivity contribution is 0.241. The molecule has 4 nitrogen and oxygen atoms in total. The summed E-state index contributed by atoms with van der Waals surface area (Å²) in [4.78, 5) is 16.7. The fraction of sp³-hybridized carbons (Fsp3) is 0.286. The largest absolute Gasteiger partial charge is 0.338 e. The van der Waals surface area contributed by atoms with Gasteiger partial charge in [0.05, 0.1) is 16.1 Å². The van der Waals surface area contributed by atoms with Crippen LogP contribution in [0.3, 0.4) is 0 Å². The summed E-state index contributed by atoms with van der Waals surface area (Å²) in [7, 11) is 0. The number of hydrogen-bond acceptors (Lipinski definition) is 3. The monoisotopic (exact) mass is 275 g/mol. The van der Waals surface area contributed by atoms with E-state index in [-0.39, 0.29) is 6.03 Å². The van der Waals surface area contributed by atoms with Crippen molar-refractivity contribution in [3.05, 3.63) is 41.0 Å². The Labute approximate surface area is 116 Å². The first-order valence-electron chi connectivity index (χ1n) is 6.21. The van der Waals surface area contributed by atoms with Crippen LogP contribution in [0.1, 0.15) is 18.2 Å². The Morgan fingerprint density at radius 2 is 2.00 bits per heavy atom. The number of benzene rings is 1. The Hall–Kier alpha value is -1.88. The molecule has 0 atom stereocenters. The Morgan fingerprint density at radius 3 is 2.58 bits per heavy atom. The first-order chi connectivity index (χ1) is 9.20. The molecule has 2 N–H and O–H groups in total. The second kappa shape index (κ2) is 6.33. The van der Waals surface area contributed by atoms with Gasteiger partial charge >= 0.3 is 6.03 Å². The maximum Gasteiger partial charge on any atom is 0.315 e. The molecule has 0 bridgehead atoms. The minimum atomic E-state index is -0.134. The lowest BCUT2D eigenvalue weighted by Gasteiger charge is -2.06. The molecule has 5 heteroatoms. The van der Waals surface area contributed by atoms with Gasteiger partial charge in [-0.15, -0.1) is 11.3 Å². The lowest BCUT2D eigenvalue weighted by atomic mass is 10.1. The fourth-order valence-electron chi connectivity index (χ4n) is 1.76. The fourth-order valence-corrected chi connectivity index (χ4v) is 2.57. The van der Waals surface area contributed by atoms with Crippen molar-refractivity contribution < 1.29 is 4.79 Å². The Balaban J connectivity index is 1.99. The van der Waals surface area contributed by atoms with Gasteiger partial charge in [0.25, 0.3) is 0 Å². The van der Waals surface area contributed by atoms with Gasteiger partial charge in [-0.2, -0.15) is 0 Å². The summed E-state index contributed by atoms with van der Waals surface area (Å²) in [5.74, 6) is 0. The van der Waals surface area contributed by atoms with E-state index in [9.17, 15) is 4.79 Å². The van der Waals surface area contributed by atoms with Gasteiger partial charge in [-0.25, -0.2) is 9.78 Å². The van der Waals surface area contributed by atoms with E-state index in [4.69, 9.17) is 0 Å². The smallest absolute Gasteiger partial charge is 0.315 e. The molecule has 0 unspecified atom stereocenters. The number of thiazole rings is 1. The van der Waals surface area contributed by atoms with Crippen molar-refractivity contribution in [1.82, 2.24) is 15.6 Å². The van der Waals surface area contributed by atoms with Crippen molar-refractivity contribution in [2.24, 2.45) is 0 Å². The minimum absolute atomic E-state index is 0.134. The van der Waals surface area contributed by atoms with E-state index in [1.54, 1.807) is 11.3 Å². The molecular weight excluding hydrogens is 258 g/mol. The summed E-state index contributed by atoms with van der Waals surface area (Å²) in [5, 5.41) is 5.51. The third-order valence-electron chi connectivity index (χ3n) is 2.75. The first kappa shape index (κ1) is 13.5. The minimum Gasteiger partial charge on any atom is -0.338 e. The molecule has 0 saturated carbocycles. The van der Waals surface area contributed by atoms with Gasteiger partial charge in [0.2, 0.25) is 0 Å². The summed E-state index contributed by atoms with van der Waals surface area (Å²) < 4.78 is 0. The van der Waals surface area contributed by atoms with Crippen LogP contribution in [0.25, 0.3) is 10.4 Å². The molecular formula is C14H17N3OS. The number of amides is 2. The zero-order valence-corrected chi connectivity index (χ0v) is 11.9. The van der Waals surface area contributed by atoms with Crippen molar-refractivity contribution in [2.45, 2.75) is 20.4 Å². The molecule has 2 amide bonds. The summed E-state index contributed by atoms with van der Waals surface area (Å²) in [6, 6.07) is 8.05. The topological polar surface area (TPSA) is 54.0 Å². The third kappa shape index (κ3) is 3.54. The number of aryl methyl sites for hydroxylation is 1. The van der Waals surface area contributed by atoms with Gasteiger partial charge < -0.3 is 10.6 Å². The quantitative estimate of drug-likeness (QED) is 0.901. The number of carbonyl (C=O) groups is 1. The van der Waals surface area contributed by atoms with Crippen molar-refractivity contribution in [2.75, 3.05) is 6.54 Å². The van der Waals surface area contributed by atoms with Crippen LogP contribution in [0.15, 0.2) is 29.8 Å². The van der Waals surface area contributed by atoms with Crippen molar-refractivity contribution in [3.63, 3.8) is 0 Å². The van der Waals surface area contributed by atoms with Crippen LogP contribution >= 0.6 is 11.3 Å². The van der Waals surface area contributed by atoms with Gasteiger partial charge in [-0.05, 0) is 25.0 Å². The molecule has 0 fully saturated rings. The van der Waals surface area contributed by atoms with Gasteiger partial charge in [-0.3, -0.25) is 0 Å². The molecule has 0 spiro atoms. The zero-order valence-electron chi connectivity index (χ0n) is 11.1. The predicted molar refractivity (Wildman–Crippen MR) is 78.2 cm³/mol. The van der Waals surface area contributed by atoms with Gasteiger partial charge in [0.15, 0.2) is 0 Å². The highest BCUT2D eigenvalue weighted by molar-refractivity contribution is 7.13. The van der Waals surface area contributed by atoms with Crippen LogP contribution in [0.4, 0.5) is 4.79 Å². The number of nitrogens with zero attached hydrogens (tertiary/aromatic N) is 1. The second-order valence-electron chi connectivity index (χ2n) is 4.18. The summed E-state index contributed by atoms with van der Waals surface area (Å²) in [6.07, 6.45) is 0. The SMILES string of the molecule is CCNC(=O)NCc1ccc(-c2scnc2C)cc1. The van der Waals surface area contributed by atoms with Crippen LogP contribution in [0.2, 0.25) is 0 Å². The molecule has 1 aromatic carbocycles. The van der Waals surface area contributed by atoms with E-state index < -0.39 is 0 Å². The summed E-state index contributed by atoms with van der Waals surface area (Å²) >= 11 is 1.64. The molecule has 19 heavy (non-hydrogen) atoms. The standard InChI is InChI=1S/C14H17N3OS/c1-3-15-14(18)16-8-11-4-6-12(7-5-11)13-10(2)17-9-19-13/h4-7,9H,3,8H2,1-2H3,(H2,15,16,18). The molecule has 0 aliphatic carbocycles. The zero-order chi connectivity index (χ0) is 13.7. The van der Waals surface area contributed by atoms with E-state index in [2.05, 4.69) is 27.8 Å². The molecule has 1 aromatic heterocycles. The van der Waals surface area contributed by atoms with Crippen molar-refractivity contribution in [3.8, 4) is 10.4 Å². The van der Waals surface area contributed by atoms with Gasteiger partial charge in [0.1, 0.15) is 0 Å². The Morgan fingerprint density at radius 1 is 1.26 bits per heavy atom. The maximum atomic E-state index is 11.3. The molecule has 0 aliphatic rings. The Bertz CT molecular complexity index is 548. The number of aromatic nitrogens is 1. The number of nitrogens with one attached hydrogen (secondary N) is 2. The molecule has 0 saturated heterocycles. The van der Waals surface area contributed by atoms with Crippen LogP contribution in [0.5, 0.6) is 0 Å². The molecule has 2 aromatic rings.